The number of nitrogens with zero attached hydrogens (tertiary/aromatic N) is 2. The summed E-state index contributed by atoms with van der Waals surface area (Å²) < 4.78 is 7.29. The highest BCUT2D eigenvalue weighted by atomic mass is 16.3. The average molecular weight is 1170 g/mol. The van der Waals surface area contributed by atoms with Crippen molar-refractivity contribution in [3.8, 4) is 39.1 Å². The second-order valence-electron chi connectivity index (χ2n) is 24.8. The van der Waals surface area contributed by atoms with Gasteiger partial charge in [0.05, 0.1) is 22.7 Å². The highest BCUT2D eigenvalue weighted by Crippen LogP contribution is 2.54. The molecule has 2 aliphatic rings. The number of aromatic hydroxyl groups is 1. The van der Waals surface area contributed by atoms with Gasteiger partial charge in [0.1, 0.15) is 11.3 Å². The van der Waals surface area contributed by atoms with Crippen LogP contribution < -0.4 is 9.80 Å². The van der Waals surface area contributed by atoms with Crippen LogP contribution in [0, 0.1) is 13.8 Å². The van der Waals surface area contributed by atoms with E-state index in [1.807, 2.05) is 27.7 Å². The molecule has 12 aromatic carbocycles. The lowest BCUT2D eigenvalue weighted by Crippen LogP contribution is -2.13. The number of hydrogen-bond acceptors (Lipinski definition) is 4. The molecule has 0 spiro atoms. The lowest BCUT2D eigenvalue weighted by Gasteiger charge is -2.32. The summed E-state index contributed by atoms with van der Waals surface area (Å²) in [4.78, 5) is 4.84. The van der Waals surface area contributed by atoms with E-state index in [0.29, 0.717) is 11.8 Å². The van der Waals surface area contributed by atoms with Crippen LogP contribution in [0.25, 0.3) is 87.6 Å². The summed E-state index contributed by atoms with van der Waals surface area (Å²) in [5.41, 5.74) is 20.5. The molecule has 0 amide bonds. The van der Waals surface area contributed by atoms with E-state index < -0.39 is 0 Å². The maximum Gasteiger partial charge on any atom is 0.159 e. The number of fused-ring (bicyclic) bond motifs is 3. The molecule has 2 aliphatic carbocycles. The Balaban J connectivity index is 0.00000179. The maximum absolute atomic E-state index is 13.1. The van der Waals surface area contributed by atoms with E-state index in [4.69, 9.17) is 4.42 Å². The predicted molar refractivity (Wildman–Crippen MR) is 383 cm³/mol. The van der Waals surface area contributed by atoms with Crippen molar-refractivity contribution < 1.29 is 9.52 Å². The predicted octanol–water partition coefficient (Wildman–Crippen LogP) is 26.0. The molecule has 0 aliphatic heterocycles. The number of para-hydroxylation sites is 3. The van der Waals surface area contributed by atoms with Gasteiger partial charge in [0.15, 0.2) is 5.58 Å². The molecule has 2 saturated carbocycles. The molecule has 1 N–H and O–H groups in total. The lowest BCUT2D eigenvalue weighted by molar-refractivity contribution is 0.443. The van der Waals surface area contributed by atoms with Crippen molar-refractivity contribution in [2.75, 3.05) is 9.80 Å². The minimum absolute atomic E-state index is 0.189. The summed E-state index contributed by atoms with van der Waals surface area (Å²) in [5.74, 6) is 1.58. The standard InChI is InChI=1S/C81H72N2O2.2C2H6/c1-51(2)72-50-76(82(61-40-36-56(37-41-61)54-21-8-5-9-22-54)73-34-18-30-65(79(73)84)60-28-16-27-59(49-60)63-29-15-14-20-52(63)3)71-46-44-64-53(4)48-75(70-47-45-67(72)78(71)77(64)70)83(62-42-38-57(39-43-62)55-23-10-6-11-24-55)74-35-19-33-69-68-32-17-31-66(80(68)85-81(69)74)58-25-12-7-13-26-58;2*1-2/h7,12-20,25-51,54-55,84H,5-6,8-11,21-24H2,1-4H3;2*1-2H3. The molecule has 2 fully saturated rings. The van der Waals surface area contributed by atoms with Gasteiger partial charge in [-0.15, -0.1) is 0 Å². The van der Waals surface area contributed by atoms with Crippen LogP contribution in [0.5, 0.6) is 5.75 Å². The average Bonchev–Trinajstić information content (AvgIpc) is 1.21. The molecule has 446 valence electrons. The fourth-order valence-electron chi connectivity index (χ4n) is 15.0. The van der Waals surface area contributed by atoms with Crippen molar-refractivity contribution in [3.63, 3.8) is 0 Å². The van der Waals surface area contributed by atoms with Crippen LogP contribution >= 0.6 is 0 Å². The van der Waals surface area contributed by atoms with Crippen molar-refractivity contribution in [2.45, 2.75) is 137 Å². The van der Waals surface area contributed by atoms with Gasteiger partial charge in [-0.2, -0.15) is 0 Å². The fourth-order valence-corrected chi connectivity index (χ4v) is 15.0. The summed E-state index contributed by atoms with van der Waals surface area (Å²) in [6.45, 7) is 17.1. The lowest BCUT2D eigenvalue weighted by atomic mass is 9.84. The first-order chi connectivity index (χ1) is 43.8. The first kappa shape index (κ1) is 58.9. The zero-order chi connectivity index (χ0) is 61.3. The van der Waals surface area contributed by atoms with Crippen molar-refractivity contribution in [1.29, 1.82) is 0 Å². The van der Waals surface area contributed by atoms with Gasteiger partial charge in [-0.1, -0.05) is 244 Å². The molecular weight excluding hydrogens is 1080 g/mol. The molecule has 0 saturated heterocycles. The second kappa shape index (κ2) is 25.5. The van der Waals surface area contributed by atoms with E-state index in [1.165, 1.54) is 125 Å². The van der Waals surface area contributed by atoms with Crippen molar-refractivity contribution in [2.24, 2.45) is 0 Å². The summed E-state index contributed by atoms with van der Waals surface area (Å²) in [7, 11) is 0. The third-order valence-electron chi connectivity index (χ3n) is 19.4. The van der Waals surface area contributed by atoms with Gasteiger partial charge in [0.2, 0.25) is 0 Å². The molecule has 89 heavy (non-hydrogen) atoms. The Morgan fingerprint density at radius 2 is 0.843 bits per heavy atom. The van der Waals surface area contributed by atoms with Gasteiger partial charge in [-0.05, 0) is 183 Å². The number of phenols is 1. The Kier molecular flexibility index (Phi) is 16.9. The highest BCUT2D eigenvalue weighted by molar-refractivity contribution is 6.30. The Bertz CT molecular complexity index is 4620. The molecular formula is C85H84N2O2. The zero-order valence-corrected chi connectivity index (χ0v) is 53.3. The summed E-state index contributed by atoms with van der Waals surface area (Å²) in [5, 5.41) is 22.6. The Morgan fingerprint density at radius 3 is 1.47 bits per heavy atom. The topological polar surface area (TPSA) is 39.9 Å². The van der Waals surface area contributed by atoms with Crippen molar-refractivity contribution >= 4 is 88.4 Å². The van der Waals surface area contributed by atoms with Crippen molar-refractivity contribution in [3.05, 3.63) is 246 Å². The minimum Gasteiger partial charge on any atom is -0.505 e. The number of anilines is 6. The molecule has 1 heterocycles. The molecule has 13 aromatic rings. The highest BCUT2D eigenvalue weighted by Gasteiger charge is 2.29. The summed E-state index contributed by atoms with van der Waals surface area (Å²) in [6, 6.07) is 80.5. The molecule has 15 rings (SSSR count). The van der Waals surface area contributed by atoms with Gasteiger partial charge in [0.25, 0.3) is 0 Å². The van der Waals surface area contributed by atoms with E-state index in [1.54, 1.807) is 0 Å². The first-order valence-corrected chi connectivity index (χ1v) is 33.3. The molecule has 4 heteroatoms. The molecule has 0 radical (unpaired) electrons. The van der Waals surface area contributed by atoms with Crippen LogP contribution in [0.15, 0.2) is 223 Å². The van der Waals surface area contributed by atoms with E-state index >= 15 is 0 Å². The number of phenolic OH excluding ortho intramolecular Hbond substituents is 1. The molecule has 1 aromatic heterocycles. The van der Waals surface area contributed by atoms with Crippen LogP contribution in [-0.2, 0) is 0 Å². The number of benzene rings is 12. The quantitative estimate of drug-likeness (QED) is 0.124. The Hall–Kier alpha value is -9.12. The van der Waals surface area contributed by atoms with Crippen LogP contribution in [0.1, 0.15) is 151 Å². The number of rotatable bonds is 12. The van der Waals surface area contributed by atoms with Gasteiger partial charge in [-0.3, -0.25) is 0 Å². The third kappa shape index (κ3) is 10.8. The first-order valence-electron chi connectivity index (χ1n) is 33.3. The van der Waals surface area contributed by atoms with E-state index in [0.717, 1.165) is 89.3 Å². The van der Waals surface area contributed by atoms with Gasteiger partial charge < -0.3 is 19.3 Å². The van der Waals surface area contributed by atoms with Crippen LogP contribution in [0.3, 0.4) is 0 Å². The molecule has 0 atom stereocenters. The molecule has 0 bridgehead atoms. The normalized spacial score (nSPS) is 13.9. The van der Waals surface area contributed by atoms with Crippen LogP contribution in [0.4, 0.5) is 34.1 Å². The Labute approximate surface area is 527 Å². The number of furan rings is 1. The van der Waals surface area contributed by atoms with Gasteiger partial charge in [0, 0.05) is 44.0 Å². The van der Waals surface area contributed by atoms with Crippen molar-refractivity contribution in [1.82, 2.24) is 0 Å². The summed E-state index contributed by atoms with van der Waals surface area (Å²) >= 11 is 0. The summed E-state index contributed by atoms with van der Waals surface area (Å²) in [6.07, 6.45) is 12.7. The van der Waals surface area contributed by atoms with E-state index in [-0.39, 0.29) is 11.7 Å². The smallest absolute Gasteiger partial charge is 0.159 e. The van der Waals surface area contributed by atoms with Crippen LogP contribution in [-0.4, -0.2) is 5.11 Å². The zero-order valence-electron chi connectivity index (χ0n) is 53.3. The number of hydrogen-bond donors (Lipinski definition) is 1. The molecule has 0 unspecified atom stereocenters. The van der Waals surface area contributed by atoms with E-state index in [2.05, 4.69) is 256 Å². The third-order valence-corrected chi connectivity index (χ3v) is 19.4. The van der Waals surface area contributed by atoms with Gasteiger partial charge in [-0.25, -0.2) is 0 Å². The Morgan fingerprint density at radius 1 is 0.371 bits per heavy atom. The van der Waals surface area contributed by atoms with Crippen LogP contribution in [0.2, 0.25) is 0 Å². The minimum atomic E-state index is 0.189. The van der Waals surface area contributed by atoms with Gasteiger partial charge >= 0.3 is 0 Å². The largest absolute Gasteiger partial charge is 0.505 e. The monoisotopic (exact) mass is 1160 g/mol. The SMILES string of the molecule is CC.CC.Cc1ccccc1-c1cccc(-c2cccc(N(c3ccc(C4CCCCC4)cc3)c3cc(C(C)C)c4ccc5c(N(c6ccc(C7CCCCC7)cc6)c6cccc7c6oc6c(-c8ccccc8)cccc67)cc(C)c6ccc3c4c65)c2O)c1. The molecule has 4 nitrogen and oxygen atoms in total. The van der Waals surface area contributed by atoms with E-state index in [9.17, 15) is 5.11 Å². The number of aryl methyl sites for hydroxylation is 2. The maximum atomic E-state index is 13.1. The fraction of sp³-hybridized carbons (Fsp3) is 0.247. The second-order valence-corrected chi connectivity index (χ2v) is 24.8.